The van der Waals surface area contributed by atoms with E-state index in [1.54, 1.807) is 6.07 Å². The molecule has 2 bridgehead atoms. The third kappa shape index (κ3) is 2.81. The van der Waals surface area contributed by atoms with Gasteiger partial charge in [0.2, 0.25) is 0 Å². The Kier molecular flexibility index (Phi) is 3.74. The van der Waals surface area contributed by atoms with Crippen LogP contribution in [0.3, 0.4) is 0 Å². The van der Waals surface area contributed by atoms with Crippen LogP contribution < -0.4 is 5.32 Å². The van der Waals surface area contributed by atoms with Crippen molar-refractivity contribution in [2.75, 3.05) is 6.54 Å². The summed E-state index contributed by atoms with van der Waals surface area (Å²) in [5, 5.41) is 3.56. The molecule has 1 aromatic carbocycles. The van der Waals surface area contributed by atoms with E-state index in [4.69, 9.17) is 11.6 Å². The van der Waals surface area contributed by atoms with Crippen LogP contribution in [0.25, 0.3) is 5.69 Å². The van der Waals surface area contributed by atoms with Gasteiger partial charge in [-0.25, -0.2) is 0 Å². The number of allylic oxidation sites excluding steroid dienone is 2. The molecule has 3 atom stereocenters. The number of fused-ring (bicyclic) bond motifs is 2. The molecule has 0 radical (unpaired) electrons. The maximum atomic E-state index is 12.5. The highest BCUT2D eigenvalue weighted by Crippen LogP contribution is 2.43. The van der Waals surface area contributed by atoms with Crippen LogP contribution in [0.1, 0.15) is 23.2 Å². The molecule has 1 aromatic heterocycles. The number of hydrogen-bond donors (Lipinski definition) is 1. The minimum Gasteiger partial charge on any atom is -0.352 e. The number of aromatic nitrogens is 1. The van der Waals surface area contributed by atoms with Crippen LogP contribution in [-0.2, 0) is 0 Å². The van der Waals surface area contributed by atoms with Crippen molar-refractivity contribution in [3.05, 3.63) is 65.5 Å². The van der Waals surface area contributed by atoms with Crippen molar-refractivity contribution in [1.29, 1.82) is 0 Å². The third-order valence-corrected chi connectivity index (χ3v) is 5.37. The predicted molar refractivity (Wildman–Crippen MR) is 92.0 cm³/mol. The van der Waals surface area contributed by atoms with Gasteiger partial charge in [-0.1, -0.05) is 23.8 Å². The second-order valence-electron chi connectivity index (χ2n) is 6.50. The molecule has 4 heteroatoms. The lowest BCUT2D eigenvalue weighted by molar-refractivity contribution is 0.0945. The molecule has 0 aliphatic heterocycles. The predicted octanol–water partition coefficient (Wildman–Crippen LogP) is 4.07. The van der Waals surface area contributed by atoms with Crippen molar-refractivity contribution in [2.24, 2.45) is 17.8 Å². The third-order valence-electron chi connectivity index (χ3n) is 5.04. The van der Waals surface area contributed by atoms with Gasteiger partial charge in [0.25, 0.3) is 5.91 Å². The summed E-state index contributed by atoms with van der Waals surface area (Å²) in [5.41, 5.74) is 1.48. The number of rotatable bonds is 4. The van der Waals surface area contributed by atoms with Crippen LogP contribution in [0, 0.1) is 17.8 Å². The van der Waals surface area contributed by atoms with Crippen molar-refractivity contribution in [2.45, 2.75) is 12.8 Å². The molecule has 2 aromatic rings. The molecule has 4 rings (SSSR count). The first-order chi connectivity index (χ1) is 11.2. The van der Waals surface area contributed by atoms with Crippen LogP contribution in [0.4, 0.5) is 0 Å². The number of benzene rings is 1. The molecular formula is C19H19ClN2O. The Labute approximate surface area is 141 Å². The molecule has 0 spiro atoms. The number of halogens is 1. The van der Waals surface area contributed by atoms with Crippen LogP contribution in [-0.4, -0.2) is 17.0 Å². The van der Waals surface area contributed by atoms with Crippen LogP contribution in [0.15, 0.2) is 54.9 Å². The topological polar surface area (TPSA) is 34.0 Å². The average Bonchev–Trinajstić information content (AvgIpc) is 3.30. The maximum Gasteiger partial charge on any atom is 0.252 e. The lowest BCUT2D eigenvalue weighted by Gasteiger charge is -2.19. The monoisotopic (exact) mass is 326 g/mol. The van der Waals surface area contributed by atoms with E-state index in [1.807, 2.05) is 41.2 Å². The maximum absolute atomic E-state index is 12.5. The van der Waals surface area contributed by atoms with E-state index >= 15 is 0 Å². The van der Waals surface area contributed by atoms with Crippen LogP contribution in [0.5, 0.6) is 0 Å². The van der Waals surface area contributed by atoms with Crippen LogP contribution in [0.2, 0.25) is 5.02 Å². The minimum absolute atomic E-state index is 0.0873. The number of carbonyl (C=O) groups is 1. The Morgan fingerprint density at radius 2 is 2.04 bits per heavy atom. The number of carbonyl (C=O) groups excluding carboxylic acids is 1. The molecule has 118 valence electrons. The second kappa shape index (κ2) is 5.89. The van der Waals surface area contributed by atoms with E-state index in [9.17, 15) is 4.79 Å². The molecule has 3 nitrogen and oxygen atoms in total. The highest BCUT2D eigenvalue weighted by molar-refractivity contribution is 6.33. The lowest BCUT2D eigenvalue weighted by atomic mass is 9.93. The molecule has 1 heterocycles. The van der Waals surface area contributed by atoms with Gasteiger partial charge >= 0.3 is 0 Å². The Bertz CT molecular complexity index is 751. The largest absolute Gasteiger partial charge is 0.352 e. The van der Waals surface area contributed by atoms with Crippen molar-refractivity contribution < 1.29 is 4.79 Å². The number of amides is 1. The van der Waals surface area contributed by atoms with Gasteiger partial charge in [-0.15, -0.1) is 0 Å². The van der Waals surface area contributed by atoms with Crippen molar-refractivity contribution in [3.63, 3.8) is 0 Å². The van der Waals surface area contributed by atoms with Gasteiger partial charge in [0.15, 0.2) is 0 Å². The molecule has 1 amide bonds. The first kappa shape index (κ1) is 14.6. The molecule has 1 fully saturated rings. The van der Waals surface area contributed by atoms with Gasteiger partial charge in [0.1, 0.15) is 0 Å². The summed E-state index contributed by atoms with van der Waals surface area (Å²) in [6.45, 7) is 0.731. The summed E-state index contributed by atoms with van der Waals surface area (Å²) in [5.74, 6) is 1.85. The SMILES string of the molecule is O=C(NC[C@@H]1C[C@@H]2C=C[C@@H]1C2)c1cc(-n2cccc2)ccc1Cl. The van der Waals surface area contributed by atoms with E-state index in [2.05, 4.69) is 17.5 Å². The molecule has 2 aliphatic carbocycles. The fraction of sp³-hybridized carbons (Fsp3) is 0.316. The summed E-state index contributed by atoms with van der Waals surface area (Å²) in [7, 11) is 0. The van der Waals surface area contributed by atoms with E-state index in [1.165, 1.54) is 12.8 Å². The molecule has 0 unspecified atom stereocenters. The van der Waals surface area contributed by atoms with Crippen LogP contribution >= 0.6 is 11.6 Å². The molecule has 1 N–H and O–H groups in total. The normalized spacial score (nSPS) is 25.0. The Balaban J connectivity index is 1.47. The average molecular weight is 327 g/mol. The minimum atomic E-state index is -0.0873. The Morgan fingerprint density at radius 1 is 1.22 bits per heavy atom. The molecule has 0 saturated heterocycles. The quantitative estimate of drug-likeness (QED) is 0.844. The summed E-state index contributed by atoms with van der Waals surface area (Å²) in [6.07, 6.45) is 11.0. The van der Waals surface area contributed by atoms with E-state index in [-0.39, 0.29) is 5.91 Å². The van der Waals surface area contributed by atoms with Gasteiger partial charge in [-0.2, -0.15) is 0 Å². The lowest BCUT2D eigenvalue weighted by Crippen LogP contribution is -2.31. The smallest absolute Gasteiger partial charge is 0.252 e. The summed E-state index contributed by atoms with van der Waals surface area (Å²) in [4.78, 5) is 12.5. The summed E-state index contributed by atoms with van der Waals surface area (Å²) in [6, 6.07) is 9.46. The first-order valence-electron chi connectivity index (χ1n) is 8.10. The molecule has 1 saturated carbocycles. The van der Waals surface area contributed by atoms with Gasteiger partial charge in [0, 0.05) is 24.6 Å². The van der Waals surface area contributed by atoms with Crippen molar-refractivity contribution in [1.82, 2.24) is 9.88 Å². The Morgan fingerprint density at radius 3 is 2.74 bits per heavy atom. The zero-order valence-electron chi connectivity index (χ0n) is 12.8. The number of hydrogen-bond acceptors (Lipinski definition) is 1. The number of nitrogens with one attached hydrogen (secondary N) is 1. The highest BCUT2D eigenvalue weighted by Gasteiger charge is 2.35. The van der Waals surface area contributed by atoms with Crippen molar-refractivity contribution >= 4 is 17.5 Å². The summed E-state index contributed by atoms with van der Waals surface area (Å²) < 4.78 is 1.97. The van der Waals surface area contributed by atoms with E-state index in [0.29, 0.717) is 22.4 Å². The first-order valence-corrected chi connectivity index (χ1v) is 8.48. The van der Waals surface area contributed by atoms with E-state index in [0.717, 1.165) is 18.2 Å². The van der Waals surface area contributed by atoms with Gasteiger partial charge in [-0.05, 0) is 60.9 Å². The van der Waals surface area contributed by atoms with Crippen molar-refractivity contribution in [3.8, 4) is 5.69 Å². The highest BCUT2D eigenvalue weighted by atomic mass is 35.5. The van der Waals surface area contributed by atoms with Gasteiger partial charge < -0.3 is 9.88 Å². The molecule has 2 aliphatic rings. The van der Waals surface area contributed by atoms with E-state index < -0.39 is 0 Å². The van der Waals surface area contributed by atoms with Gasteiger partial charge in [0.05, 0.1) is 10.6 Å². The molecule has 23 heavy (non-hydrogen) atoms. The zero-order valence-corrected chi connectivity index (χ0v) is 13.5. The Hall–Kier alpha value is -2.00. The zero-order chi connectivity index (χ0) is 15.8. The standard InChI is InChI=1S/C19H19ClN2O/c20-18-6-5-16(22-7-1-2-8-22)11-17(18)19(23)21-12-15-10-13-3-4-14(15)9-13/h1-8,11,13-15H,9-10,12H2,(H,21,23)/t13-,14-,15+/m1/s1. The molecular weight excluding hydrogens is 308 g/mol. The second-order valence-corrected chi connectivity index (χ2v) is 6.91. The van der Waals surface area contributed by atoms with Gasteiger partial charge in [-0.3, -0.25) is 4.79 Å². The fourth-order valence-corrected chi connectivity index (χ4v) is 4.01. The number of nitrogens with zero attached hydrogens (tertiary/aromatic N) is 1. The summed E-state index contributed by atoms with van der Waals surface area (Å²) >= 11 is 6.23. The fourth-order valence-electron chi connectivity index (χ4n) is 3.80.